The molecule has 2 fully saturated rings. The smallest absolute Gasteiger partial charge is 0.208 e. The standard InChI is InChI=1S/C24H30Cl2N4O4S/c1-35(32,33)30-17-3-2-16(10-17)22(31)12-18-11-19(21(26)14-27-18)24-20(25)4-5-23(29-24)28-13-15-6-8-34-9-7-15/h4-5,11,14-17,30H,2-3,6-10,12-13H2,1H3,(H,28,29)/t16-,17+/m1/s1. The van der Waals surface area contributed by atoms with Gasteiger partial charge in [-0.2, -0.15) is 0 Å². The van der Waals surface area contributed by atoms with Gasteiger partial charge in [-0.3, -0.25) is 9.78 Å². The fourth-order valence-corrected chi connectivity index (χ4v) is 5.92. The Morgan fingerprint density at radius 1 is 1.14 bits per heavy atom. The minimum Gasteiger partial charge on any atom is -0.381 e. The zero-order valence-corrected chi connectivity index (χ0v) is 21.9. The van der Waals surface area contributed by atoms with Crippen LogP contribution >= 0.6 is 23.2 Å². The van der Waals surface area contributed by atoms with Gasteiger partial charge in [-0.1, -0.05) is 23.2 Å². The second-order valence-corrected chi connectivity index (χ2v) is 12.0. The van der Waals surface area contributed by atoms with Gasteiger partial charge in [-0.15, -0.1) is 0 Å². The number of pyridine rings is 2. The lowest BCUT2D eigenvalue weighted by molar-refractivity contribution is -0.122. The number of Topliss-reactive ketones (excluding diaryl/α,β-unsaturated/α-hetero) is 1. The molecule has 0 radical (unpaired) electrons. The Morgan fingerprint density at radius 3 is 2.66 bits per heavy atom. The molecule has 2 N–H and O–H groups in total. The molecule has 4 rings (SSSR count). The van der Waals surface area contributed by atoms with Gasteiger partial charge in [0.2, 0.25) is 10.0 Å². The monoisotopic (exact) mass is 540 g/mol. The first-order valence-corrected chi connectivity index (χ1v) is 14.5. The highest BCUT2D eigenvalue weighted by atomic mass is 35.5. The van der Waals surface area contributed by atoms with Crippen LogP contribution in [0.3, 0.4) is 0 Å². The number of hydrogen-bond donors (Lipinski definition) is 2. The van der Waals surface area contributed by atoms with E-state index in [1.807, 2.05) is 6.07 Å². The van der Waals surface area contributed by atoms with E-state index in [0.717, 1.165) is 38.9 Å². The number of nitrogens with one attached hydrogen (secondary N) is 2. The summed E-state index contributed by atoms with van der Waals surface area (Å²) >= 11 is 12.9. The molecule has 0 unspecified atom stereocenters. The summed E-state index contributed by atoms with van der Waals surface area (Å²) < 4.78 is 31.0. The van der Waals surface area contributed by atoms with Crippen LogP contribution < -0.4 is 10.0 Å². The van der Waals surface area contributed by atoms with Gasteiger partial charge in [0, 0.05) is 55.6 Å². The summed E-state index contributed by atoms with van der Waals surface area (Å²) in [7, 11) is -3.29. The van der Waals surface area contributed by atoms with Crippen LogP contribution in [0.4, 0.5) is 5.82 Å². The molecule has 8 nitrogen and oxygen atoms in total. The Balaban J connectivity index is 1.45. The number of rotatable bonds is 9. The predicted octanol–water partition coefficient (Wildman–Crippen LogP) is 4.12. The molecule has 3 heterocycles. The zero-order valence-electron chi connectivity index (χ0n) is 19.6. The molecule has 35 heavy (non-hydrogen) atoms. The molecule has 0 spiro atoms. The number of hydrogen-bond acceptors (Lipinski definition) is 7. The van der Waals surface area contributed by atoms with E-state index in [0.29, 0.717) is 58.0 Å². The molecule has 1 aliphatic heterocycles. The number of anilines is 1. The second-order valence-electron chi connectivity index (χ2n) is 9.36. The summed E-state index contributed by atoms with van der Waals surface area (Å²) in [4.78, 5) is 21.9. The number of halogens is 2. The quantitative estimate of drug-likeness (QED) is 0.492. The lowest BCUT2D eigenvalue weighted by atomic mass is 9.97. The van der Waals surface area contributed by atoms with Crippen LogP contribution in [-0.4, -0.2) is 56.2 Å². The van der Waals surface area contributed by atoms with Gasteiger partial charge >= 0.3 is 0 Å². The molecule has 1 saturated carbocycles. The molecule has 2 aliphatic rings. The molecular formula is C24H30Cl2N4O4S. The summed E-state index contributed by atoms with van der Waals surface area (Å²) in [6.07, 6.45) is 6.63. The Morgan fingerprint density at radius 2 is 1.91 bits per heavy atom. The Kier molecular flexibility index (Phi) is 8.65. The van der Waals surface area contributed by atoms with Crippen LogP contribution in [0.25, 0.3) is 11.3 Å². The number of carbonyl (C=O) groups is 1. The number of carbonyl (C=O) groups excluding carboxylic acids is 1. The highest BCUT2D eigenvalue weighted by molar-refractivity contribution is 7.88. The van der Waals surface area contributed by atoms with E-state index in [9.17, 15) is 13.2 Å². The van der Waals surface area contributed by atoms with Crippen molar-refractivity contribution in [1.29, 1.82) is 0 Å². The average Bonchev–Trinajstić information content (AvgIpc) is 3.27. The molecule has 1 saturated heterocycles. The minimum absolute atomic E-state index is 0.0366. The third-order valence-electron chi connectivity index (χ3n) is 6.55. The summed E-state index contributed by atoms with van der Waals surface area (Å²) in [6.45, 7) is 2.38. The van der Waals surface area contributed by atoms with E-state index >= 15 is 0 Å². The molecule has 2 aromatic rings. The number of ketones is 1. The first kappa shape index (κ1) is 26.3. The maximum Gasteiger partial charge on any atom is 0.208 e. The third kappa shape index (κ3) is 7.36. The van der Waals surface area contributed by atoms with Crippen LogP contribution in [0.15, 0.2) is 24.4 Å². The molecule has 2 aromatic heterocycles. The molecule has 11 heteroatoms. The van der Waals surface area contributed by atoms with E-state index in [1.165, 1.54) is 6.20 Å². The fourth-order valence-electron chi connectivity index (χ4n) is 4.70. The van der Waals surface area contributed by atoms with E-state index < -0.39 is 10.0 Å². The van der Waals surface area contributed by atoms with Gasteiger partial charge < -0.3 is 10.1 Å². The minimum atomic E-state index is -3.29. The maximum atomic E-state index is 12.9. The normalized spacial score (nSPS) is 21.2. The Bertz CT molecular complexity index is 1170. The van der Waals surface area contributed by atoms with Crippen molar-refractivity contribution in [3.05, 3.63) is 40.1 Å². The first-order valence-electron chi connectivity index (χ1n) is 11.8. The largest absolute Gasteiger partial charge is 0.381 e. The van der Waals surface area contributed by atoms with E-state index in [4.69, 9.17) is 32.9 Å². The molecule has 0 amide bonds. The van der Waals surface area contributed by atoms with Gasteiger partial charge in [0.05, 0.1) is 22.0 Å². The second kappa shape index (κ2) is 11.5. The van der Waals surface area contributed by atoms with Gasteiger partial charge in [0.25, 0.3) is 0 Å². The van der Waals surface area contributed by atoms with E-state index in [-0.39, 0.29) is 24.2 Å². The van der Waals surface area contributed by atoms with E-state index in [1.54, 1.807) is 12.1 Å². The number of ether oxygens (including phenoxy) is 1. The van der Waals surface area contributed by atoms with Crippen molar-refractivity contribution < 1.29 is 17.9 Å². The summed E-state index contributed by atoms with van der Waals surface area (Å²) in [5.41, 5.74) is 1.72. The Hall–Kier alpha value is -1.78. The van der Waals surface area contributed by atoms with Gasteiger partial charge in [0.1, 0.15) is 11.6 Å². The van der Waals surface area contributed by atoms with Crippen molar-refractivity contribution in [3.8, 4) is 11.3 Å². The summed E-state index contributed by atoms with van der Waals surface area (Å²) in [5, 5.41) is 4.24. The highest BCUT2D eigenvalue weighted by Gasteiger charge is 2.31. The van der Waals surface area contributed by atoms with Gasteiger partial charge in [0.15, 0.2) is 0 Å². The van der Waals surface area contributed by atoms with Crippen molar-refractivity contribution in [2.24, 2.45) is 11.8 Å². The predicted molar refractivity (Wildman–Crippen MR) is 137 cm³/mol. The molecule has 0 bridgehead atoms. The van der Waals surface area contributed by atoms with Crippen molar-refractivity contribution in [2.45, 2.75) is 44.6 Å². The SMILES string of the molecule is CS(=O)(=O)N[C@H]1CC[C@@H](C(=O)Cc2cc(-c3nc(NCC4CCOCC4)ccc3Cl)c(Cl)cn2)C1. The van der Waals surface area contributed by atoms with Crippen LogP contribution in [0.2, 0.25) is 10.0 Å². The van der Waals surface area contributed by atoms with Crippen molar-refractivity contribution >= 4 is 44.8 Å². The summed E-state index contributed by atoms with van der Waals surface area (Å²) in [6, 6.07) is 5.18. The summed E-state index contributed by atoms with van der Waals surface area (Å²) in [5.74, 6) is 1.08. The molecule has 0 aromatic carbocycles. The topological polar surface area (TPSA) is 110 Å². The highest BCUT2D eigenvalue weighted by Crippen LogP contribution is 2.34. The van der Waals surface area contributed by atoms with Crippen LogP contribution in [0.5, 0.6) is 0 Å². The average molecular weight is 542 g/mol. The molecular weight excluding hydrogens is 511 g/mol. The lowest BCUT2D eigenvalue weighted by Gasteiger charge is -2.22. The van der Waals surface area contributed by atoms with Gasteiger partial charge in [-0.05, 0) is 56.2 Å². The number of nitrogens with zero attached hydrogens (tertiary/aromatic N) is 2. The van der Waals surface area contributed by atoms with Crippen molar-refractivity contribution in [2.75, 3.05) is 31.3 Å². The van der Waals surface area contributed by atoms with Crippen LogP contribution in [-0.2, 0) is 26.0 Å². The lowest BCUT2D eigenvalue weighted by Crippen LogP contribution is -2.32. The van der Waals surface area contributed by atoms with Crippen molar-refractivity contribution in [3.63, 3.8) is 0 Å². The first-order chi connectivity index (χ1) is 16.7. The Labute approximate surface area is 216 Å². The molecule has 1 aliphatic carbocycles. The number of aromatic nitrogens is 2. The van der Waals surface area contributed by atoms with Crippen LogP contribution in [0, 0.1) is 11.8 Å². The maximum absolute atomic E-state index is 12.9. The third-order valence-corrected chi connectivity index (χ3v) is 7.92. The van der Waals surface area contributed by atoms with E-state index in [2.05, 4.69) is 15.0 Å². The van der Waals surface area contributed by atoms with Crippen molar-refractivity contribution in [1.82, 2.24) is 14.7 Å². The van der Waals surface area contributed by atoms with Crippen LogP contribution in [0.1, 0.15) is 37.8 Å². The molecule has 2 atom stereocenters. The fraction of sp³-hybridized carbons (Fsp3) is 0.542. The molecule has 190 valence electrons. The number of sulfonamides is 1. The zero-order chi connectivity index (χ0) is 25.0. The van der Waals surface area contributed by atoms with Gasteiger partial charge in [-0.25, -0.2) is 18.1 Å².